The number of hydrogen-bond acceptors (Lipinski definition) is 3. The number of aryl methyl sites for hydroxylation is 2. The first kappa shape index (κ1) is 15.3. The van der Waals surface area contributed by atoms with E-state index in [0.717, 1.165) is 10.2 Å². The van der Waals surface area contributed by atoms with Gasteiger partial charge in [0.2, 0.25) is 0 Å². The predicted octanol–water partition coefficient (Wildman–Crippen LogP) is 4.37. The molecule has 3 aromatic rings. The zero-order valence-corrected chi connectivity index (χ0v) is 14.7. The topological polar surface area (TPSA) is 34.4 Å². The molecular weight excluding hydrogens is 360 g/mol. The SMILES string of the molecule is Cc1ccc(SCc2cc(=O)n3cc(Br)ccc3n2)cc1C. The Morgan fingerprint density at radius 1 is 1.14 bits per heavy atom. The van der Waals surface area contributed by atoms with Gasteiger partial charge in [0, 0.05) is 27.4 Å². The number of thioether (sulfide) groups is 1. The second kappa shape index (κ2) is 6.26. The number of benzene rings is 1. The maximum atomic E-state index is 12.2. The molecule has 5 heteroatoms. The molecule has 0 radical (unpaired) electrons. The van der Waals surface area contributed by atoms with Crippen LogP contribution in [0.3, 0.4) is 0 Å². The van der Waals surface area contributed by atoms with E-state index in [2.05, 4.69) is 53.0 Å². The molecule has 112 valence electrons. The second-order valence-corrected chi connectivity index (χ2v) is 7.16. The highest BCUT2D eigenvalue weighted by molar-refractivity contribution is 9.10. The Kier molecular flexibility index (Phi) is 4.36. The van der Waals surface area contributed by atoms with Gasteiger partial charge in [0.25, 0.3) is 5.56 Å². The van der Waals surface area contributed by atoms with Gasteiger partial charge in [-0.2, -0.15) is 0 Å². The molecule has 3 nitrogen and oxygen atoms in total. The standard InChI is InChI=1S/C17H15BrN2OS/c1-11-3-5-15(7-12(11)2)22-10-14-8-17(21)20-9-13(18)4-6-16(20)19-14/h3-9H,10H2,1-2H3. The third-order valence-corrected chi connectivity index (χ3v) is 5.04. The normalized spacial score (nSPS) is 11.0. The molecule has 0 amide bonds. The molecule has 0 bridgehead atoms. The lowest BCUT2D eigenvalue weighted by Gasteiger charge is -2.06. The second-order valence-electron chi connectivity index (χ2n) is 5.20. The monoisotopic (exact) mass is 374 g/mol. The van der Waals surface area contributed by atoms with Crippen LogP contribution in [0.1, 0.15) is 16.8 Å². The first-order chi connectivity index (χ1) is 10.5. The third kappa shape index (κ3) is 3.25. The number of rotatable bonds is 3. The van der Waals surface area contributed by atoms with E-state index in [0.29, 0.717) is 11.4 Å². The molecule has 0 saturated heterocycles. The van der Waals surface area contributed by atoms with Crippen molar-refractivity contribution in [2.75, 3.05) is 0 Å². The molecule has 2 heterocycles. The molecule has 0 saturated carbocycles. The average molecular weight is 375 g/mol. The van der Waals surface area contributed by atoms with Crippen LogP contribution < -0.4 is 5.56 Å². The lowest BCUT2D eigenvalue weighted by Crippen LogP contribution is -2.15. The molecule has 0 atom stereocenters. The van der Waals surface area contributed by atoms with E-state index >= 15 is 0 Å². The summed E-state index contributed by atoms with van der Waals surface area (Å²) in [4.78, 5) is 17.9. The highest BCUT2D eigenvalue weighted by atomic mass is 79.9. The van der Waals surface area contributed by atoms with E-state index < -0.39 is 0 Å². The lowest BCUT2D eigenvalue weighted by atomic mass is 10.1. The fourth-order valence-electron chi connectivity index (χ4n) is 2.16. The van der Waals surface area contributed by atoms with Crippen molar-refractivity contribution >= 4 is 33.3 Å². The molecule has 1 aromatic carbocycles. The van der Waals surface area contributed by atoms with Crippen LogP contribution >= 0.6 is 27.7 Å². The number of aromatic nitrogens is 2. The van der Waals surface area contributed by atoms with Gasteiger partial charge in [-0.3, -0.25) is 9.20 Å². The zero-order valence-electron chi connectivity index (χ0n) is 12.3. The molecular formula is C17H15BrN2OS. The number of nitrogens with zero attached hydrogens (tertiary/aromatic N) is 2. The van der Waals surface area contributed by atoms with Crippen LogP contribution in [0.2, 0.25) is 0 Å². The first-order valence-corrected chi connectivity index (χ1v) is 8.69. The summed E-state index contributed by atoms with van der Waals surface area (Å²) in [5.41, 5.74) is 3.99. The average Bonchev–Trinajstić information content (AvgIpc) is 2.49. The van der Waals surface area contributed by atoms with Gasteiger partial charge in [-0.05, 0) is 65.2 Å². The van der Waals surface area contributed by atoms with Gasteiger partial charge >= 0.3 is 0 Å². The molecule has 0 unspecified atom stereocenters. The summed E-state index contributed by atoms with van der Waals surface area (Å²) in [6.07, 6.45) is 1.74. The molecule has 22 heavy (non-hydrogen) atoms. The van der Waals surface area contributed by atoms with Crippen LogP contribution in [0.4, 0.5) is 0 Å². The van der Waals surface area contributed by atoms with E-state index in [4.69, 9.17) is 0 Å². The van der Waals surface area contributed by atoms with E-state index in [1.54, 1.807) is 28.4 Å². The minimum absolute atomic E-state index is 0.0537. The van der Waals surface area contributed by atoms with Crippen molar-refractivity contribution in [2.45, 2.75) is 24.5 Å². The van der Waals surface area contributed by atoms with Gasteiger partial charge in [-0.25, -0.2) is 4.98 Å². The Labute approximate surface area is 141 Å². The van der Waals surface area contributed by atoms with Crippen molar-refractivity contribution in [2.24, 2.45) is 0 Å². The van der Waals surface area contributed by atoms with E-state index in [1.165, 1.54) is 16.0 Å². The summed E-state index contributed by atoms with van der Waals surface area (Å²) in [7, 11) is 0. The Balaban J connectivity index is 1.86. The Bertz CT molecular complexity index is 905. The molecule has 0 aliphatic carbocycles. The number of hydrogen-bond donors (Lipinski definition) is 0. The maximum Gasteiger partial charge on any atom is 0.258 e. The highest BCUT2D eigenvalue weighted by Crippen LogP contribution is 2.24. The number of pyridine rings is 1. The molecule has 2 aromatic heterocycles. The van der Waals surface area contributed by atoms with Crippen LogP contribution in [0, 0.1) is 13.8 Å². The van der Waals surface area contributed by atoms with Gasteiger partial charge < -0.3 is 0 Å². The summed E-state index contributed by atoms with van der Waals surface area (Å²) in [6, 6.07) is 11.7. The quantitative estimate of drug-likeness (QED) is 0.638. The first-order valence-electron chi connectivity index (χ1n) is 6.91. The lowest BCUT2D eigenvalue weighted by molar-refractivity contribution is 1.01. The molecule has 0 aliphatic rings. The van der Waals surface area contributed by atoms with Crippen molar-refractivity contribution in [3.8, 4) is 0 Å². The maximum absolute atomic E-state index is 12.2. The van der Waals surface area contributed by atoms with Gasteiger partial charge in [0.05, 0.1) is 5.69 Å². The summed E-state index contributed by atoms with van der Waals surface area (Å²) < 4.78 is 2.41. The van der Waals surface area contributed by atoms with E-state index in [9.17, 15) is 4.79 Å². The van der Waals surface area contributed by atoms with Gasteiger partial charge in [-0.1, -0.05) is 6.07 Å². The van der Waals surface area contributed by atoms with Crippen molar-refractivity contribution < 1.29 is 0 Å². The summed E-state index contributed by atoms with van der Waals surface area (Å²) in [6.45, 7) is 4.21. The van der Waals surface area contributed by atoms with Crippen LogP contribution in [-0.4, -0.2) is 9.38 Å². The molecule has 3 rings (SSSR count). The number of fused-ring (bicyclic) bond motifs is 1. The highest BCUT2D eigenvalue weighted by Gasteiger charge is 2.04. The van der Waals surface area contributed by atoms with Crippen molar-refractivity contribution in [1.29, 1.82) is 0 Å². The van der Waals surface area contributed by atoms with E-state index in [1.807, 2.05) is 12.1 Å². The molecule has 0 aliphatic heterocycles. The Morgan fingerprint density at radius 3 is 2.73 bits per heavy atom. The molecule has 0 spiro atoms. The molecule has 0 N–H and O–H groups in total. The summed E-state index contributed by atoms with van der Waals surface area (Å²) >= 11 is 5.06. The smallest absolute Gasteiger partial charge is 0.258 e. The zero-order chi connectivity index (χ0) is 15.7. The third-order valence-electron chi connectivity index (χ3n) is 3.54. The van der Waals surface area contributed by atoms with Crippen LogP contribution in [0.5, 0.6) is 0 Å². The number of halogens is 1. The van der Waals surface area contributed by atoms with E-state index in [-0.39, 0.29) is 5.56 Å². The van der Waals surface area contributed by atoms with Crippen molar-refractivity contribution in [1.82, 2.24) is 9.38 Å². The van der Waals surface area contributed by atoms with Crippen molar-refractivity contribution in [3.63, 3.8) is 0 Å². The minimum atomic E-state index is -0.0537. The van der Waals surface area contributed by atoms with Crippen LogP contribution in [-0.2, 0) is 5.75 Å². The van der Waals surface area contributed by atoms with Crippen molar-refractivity contribution in [3.05, 3.63) is 74.2 Å². The van der Waals surface area contributed by atoms with Gasteiger partial charge in [0.15, 0.2) is 0 Å². The largest absolute Gasteiger partial charge is 0.269 e. The summed E-state index contributed by atoms with van der Waals surface area (Å²) in [5, 5.41) is 0. The fourth-order valence-corrected chi connectivity index (χ4v) is 3.38. The van der Waals surface area contributed by atoms with Crippen LogP contribution in [0.25, 0.3) is 5.65 Å². The summed E-state index contributed by atoms with van der Waals surface area (Å²) in [5.74, 6) is 0.685. The predicted molar refractivity (Wildman–Crippen MR) is 94.6 cm³/mol. The fraction of sp³-hybridized carbons (Fsp3) is 0.176. The van der Waals surface area contributed by atoms with Gasteiger partial charge in [-0.15, -0.1) is 11.8 Å². The Hall–Kier alpha value is -1.59. The Morgan fingerprint density at radius 2 is 1.95 bits per heavy atom. The minimum Gasteiger partial charge on any atom is -0.269 e. The van der Waals surface area contributed by atoms with Crippen LogP contribution in [0.15, 0.2) is 56.8 Å². The van der Waals surface area contributed by atoms with Gasteiger partial charge in [0.1, 0.15) is 5.65 Å². The molecule has 0 fully saturated rings.